The molecule has 0 fully saturated rings. The highest BCUT2D eigenvalue weighted by Gasteiger charge is 2.22. The minimum Gasteiger partial charge on any atom is -0.461 e. The van der Waals surface area contributed by atoms with E-state index in [1.807, 2.05) is 6.07 Å². The fourth-order valence-corrected chi connectivity index (χ4v) is 3.88. The van der Waals surface area contributed by atoms with E-state index >= 15 is 0 Å². The molecule has 35 heavy (non-hydrogen) atoms. The van der Waals surface area contributed by atoms with Crippen molar-refractivity contribution in [3.8, 4) is 11.6 Å². The molecule has 0 saturated carbocycles. The fraction of sp³-hybridized carbons (Fsp3) is 0.115. The van der Waals surface area contributed by atoms with E-state index < -0.39 is 12.6 Å². The van der Waals surface area contributed by atoms with Gasteiger partial charge in [-0.1, -0.05) is 18.2 Å². The summed E-state index contributed by atoms with van der Waals surface area (Å²) in [5, 5.41) is 3.20. The number of amides is 1. The number of Topliss-reactive ketones (excluding diaryl/α,β-unsaturated/α-hetero) is 1. The number of carbonyl (C=O) groups is 3. The number of ketones is 1. The lowest BCUT2D eigenvalue weighted by Gasteiger charge is -2.11. The van der Waals surface area contributed by atoms with Crippen LogP contribution in [0.1, 0.15) is 36.8 Å². The zero-order valence-corrected chi connectivity index (χ0v) is 19.8. The van der Waals surface area contributed by atoms with Gasteiger partial charge in [-0.3, -0.25) is 9.59 Å². The summed E-state index contributed by atoms with van der Waals surface area (Å²) < 4.78 is 10.6. The summed E-state index contributed by atoms with van der Waals surface area (Å²) in [6, 6.07) is 18.6. The van der Waals surface area contributed by atoms with Gasteiger partial charge >= 0.3 is 5.97 Å². The van der Waals surface area contributed by atoms with E-state index in [2.05, 4.69) is 15.3 Å². The number of furan rings is 1. The number of carbonyl (C=O) groups excluding carboxylic acids is 3. The highest BCUT2D eigenvalue weighted by molar-refractivity contribution is 7.98. The zero-order chi connectivity index (χ0) is 24.8. The Morgan fingerprint density at radius 2 is 1.69 bits per heavy atom. The Balaban J connectivity index is 1.39. The maximum atomic E-state index is 12.8. The number of ether oxygens (including phenoxy) is 1. The lowest BCUT2D eigenvalue weighted by atomic mass is 10.1. The number of anilines is 1. The van der Waals surface area contributed by atoms with Gasteiger partial charge in [0.15, 0.2) is 24.0 Å². The molecule has 0 aliphatic carbocycles. The second-order valence-corrected chi connectivity index (χ2v) is 8.19. The SMILES string of the molecule is CSc1nc(-c2ccco2)nc(C)c1C(=O)OCC(=O)c1ccc(NC(=O)c2ccccc2)cc1. The van der Waals surface area contributed by atoms with Gasteiger partial charge in [0.05, 0.1) is 12.0 Å². The normalized spacial score (nSPS) is 10.6. The number of nitrogens with one attached hydrogen (secondary N) is 1. The molecule has 9 heteroatoms. The molecular weight excluding hydrogens is 466 g/mol. The number of aryl methyl sites for hydroxylation is 1. The number of thioether (sulfide) groups is 1. The molecule has 1 amide bonds. The Bertz CT molecular complexity index is 1350. The first-order valence-corrected chi connectivity index (χ1v) is 11.8. The number of esters is 1. The molecule has 2 aromatic heterocycles. The summed E-state index contributed by atoms with van der Waals surface area (Å²) in [5.41, 5.74) is 2.05. The predicted octanol–water partition coefficient (Wildman–Crippen LogP) is 5.06. The van der Waals surface area contributed by atoms with Crippen LogP contribution in [0.3, 0.4) is 0 Å². The maximum Gasteiger partial charge on any atom is 0.343 e. The summed E-state index contributed by atoms with van der Waals surface area (Å²) in [5.74, 6) is -0.460. The highest BCUT2D eigenvalue weighted by Crippen LogP contribution is 2.25. The molecule has 176 valence electrons. The molecule has 0 spiro atoms. The van der Waals surface area contributed by atoms with Crippen molar-refractivity contribution in [3.05, 3.63) is 95.4 Å². The summed E-state index contributed by atoms with van der Waals surface area (Å²) in [6.07, 6.45) is 3.30. The molecule has 2 aromatic carbocycles. The van der Waals surface area contributed by atoms with E-state index in [1.165, 1.54) is 18.0 Å². The van der Waals surface area contributed by atoms with Gasteiger partial charge in [-0.15, -0.1) is 11.8 Å². The minimum atomic E-state index is -0.682. The molecule has 4 aromatic rings. The van der Waals surface area contributed by atoms with Crippen molar-refractivity contribution < 1.29 is 23.5 Å². The predicted molar refractivity (Wildman–Crippen MR) is 132 cm³/mol. The van der Waals surface area contributed by atoms with Crippen molar-refractivity contribution in [1.82, 2.24) is 9.97 Å². The molecule has 0 atom stereocenters. The van der Waals surface area contributed by atoms with E-state index in [9.17, 15) is 14.4 Å². The third kappa shape index (κ3) is 5.64. The average Bonchev–Trinajstić information content (AvgIpc) is 3.42. The van der Waals surface area contributed by atoms with Gasteiger partial charge in [0.1, 0.15) is 10.6 Å². The molecule has 0 aliphatic heterocycles. The van der Waals surface area contributed by atoms with Crippen LogP contribution in [0.15, 0.2) is 82.4 Å². The van der Waals surface area contributed by atoms with Crippen LogP contribution in [0.2, 0.25) is 0 Å². The van der Waals surface area contributed by atoms with Crippen molar-refractivity contribution in [1.29, 1.82) is 0 Å². The van der Waals surface area contributed by atoms with Crippen LogP contribution >= 0.6 is 11.8 Å². The van der Waals surface area contributed by atoms with Crippen LogP contribution in [0.5, 0.6) is 0 Å². The largest absolute Gasteiger partial charge is 0.461 e. The van der Waals surface area contributed by atoms with Gasteiger partial charge in [0, 0.05) is 16.8 Å². The molecule has 8 nitrogen and oxygen atoms in total. The number of benzene rings is 2. The van der Waals surface area contributed by atoms with E-state index in [0.717, 1.165) is 0 Å². The molecule has 0 saturated heterocycles. The minimum absolute atomic E-state index is 0.208. The van der Waals surface area contributed by atoms with Crippen molar-refractivity contribution in [2.24, 2.45) is 0 Å². The molecule has 1 N–H and O–H groups in total. The van der Waals surface area contributed by atoms with Crippen LogP contribution < -0.4 is 5.32 Å². The van der Waals surface area contributed by atoms with E-state index in [0.29, 0.717) is 39.1 Å². The Morgan fingerprint density at radius 3 is 2.34 bits per heavy atom. The molecule has 0 radical (unpaired) electrons. The Hall–Kier alpha value is -4.24. The number of hydrogen-bond acceptors (Lipinski definition) is 8. The third-order valence-corrected chi connectivity index (χ3v) is 5.71. The summed E-state index contributed by atoms with van der Waals surface area (Å²) in [7, 11) is 0. The van der Waals surface area contributed by atoms with Gasteiger partial charge in [-0.05, 0) is 61.7 Å². The Kier molecular flexibility index (Phi) is 7.37. The van der Waals surface area contributed by atoms with E-state index in [4.69, 9.17) is 9.15 Å². The van der Waals surface area contributed by atoms with Gasteiger partial charge < -0.3 is 14.5 Å². The first kappa shape index (κ1) is 23.9. The lowest BCUT2D eigenvalue weighted by molar-refractivity contribution is 0.0469. The lowest BCUT2D eigenvalue weighted by Crippen LogP contribution is -2.17. The summed E-state index contributed by atoms with van der Waals surface area (Å²) in [6.45, 7) is 1.23. The van der Waals surface area contributed by atoms with Gasteiger partial charge in [-0.25, -0.2) is 14.8 Å². The zero-order valence-electron chi connectivity index (χ0n) is 19.0. The highest BCUT2D eigenvalue weighted by atomic mass is 32.2. The maximum absolute atomic E-state index is 12.8. The van der Waals surface area contributed by atoms with Crippen LogP contribution in [-0.4, -0.2) is 40.5 Å². The smallest absolute Gasteiger partial charge is 0.343 e. The third-order valence-electron chi connectivity index (χ3n) is 5.03. The summed E-state index contributed by atoms with van der Waals surface area (Å²) in [4.78, 5) is 46.3. The van der Waals surface area contributed by atoms with Gasteiger partial charge in [-0.2, -0.15) is 0 Å². The van der Waals surface area contributed by atoms with Crippen molar-refractivity contribution in [2.75, 3.05) is 18.2 Å². The van der Waals surface area contributed by atoms with Crippen LogP contribution in [0.4, 0.5) is 5.69 Å². The first-order valence-electron chi connectivity index (χ1n) is 10.6. The first-order chi connectivity index (χ1) is 17.0. The topological polar surface area (TPSA) is 111 Å². The molecule has 0 unspecified atom stereocenters. The molecule has 0 aliphatic rings. The average molecular weight is 488 g/mol. The van der Waals surface area contributed by atoms with Gasteiger partial charge in [0.2, 0.25) is 0 Å². The number of aromatic nitrogens is 2. The van der Waals surface area contributed by atoms with Crippen LogP contribution in [0.25, 0.3) is 11.6 Å². The molecule has 2 heterocycles. The Morgan fingerprint density at radius 1 is 0.943 bits per heavy atom. The van der Waals surface area contributed by atoms with Crippen LogP contribution in [0, 0.1) is 6.92 Å². The van der Waals surface area contributed by atoms with Crippen molar-refractivity contribution in [2.45, 2.75) is 11.9 Å². The monoisotopic (exact) mass is 487 g/mol. The second kappa shape index (κ2) is 10.8. The van der Waals surface area contributed by atoms with Crippen molar-refractivity contribution in [3.63, 3.8) is 0 Å². The van der Waals surface area contributed by atoms with Gasteiger partial charge in [0.25, 0.3) is 5.91 Å². The summed E-state index contributed by atoms with van der Waals surface area (Å²) >= 11 is 1.27. The van der Waals surface area contributed by atoms with E-state index in [1.54, 1.807) is 73.8 Å². The Labute approximate surface area is 205 Å². The number of nitrogens with zero attached hydrogens (tertiary/aromatic N) is 2. The standard InChI is InChI=1S/C26H21N3O5S/c1-16-22(25(35-2)29-23(27-16)21-9-6-14-33-21)26(32)34-15-20(30)17-10-12-19(13-11-17)28-24(31)18-7-4-3-5-8-18/h3-14H,15H2,1-2H3,(H,28,31). The fourth-order valence-electron chi connectivity index (χ4n) is 3.26. The second-order valence-electron chi connectivity index (χ2n) is 7.39. The molecule has 4 rings (SSSR count). The van der Waals surface area contributed by atoms with Crippen molar-refractivity contribution >= 4 is 35.1 Å². The molecular formula is C26H21N3O5S. The number of hydrogen-bond donors (Lipinski definition) is 1. The molecule has 0 bridgehead atoms. The van der Waals surface area contributed by atoms with E-state index in [-0.39, 0.29) is 17.3 Å². The number of rotatable bonds is 8. The quantitative estimate of drug-likeness (QED) is 0.159. The van der Waals surface area contributed by atoms with Crippen LogP contribution in [-0.2, 0) is 4.74 Å².